The molecule has 0 bridgehead atoms. The first-order valence-corrected chi connectivity index (χ1v) is 21.0. The fourth-order valence-electron chi connectivity index (χ4n) is 5.67. The zero-order valence-electron chi connectivity index (χ0n) is 31.5. The molecule has 0 saturated carbocycles. The molecule has 4 heterocycles. The molecule has 2 aliphatic heterocycles. The molecule has 2 aromatic carbocycles. The van der Waals surface area contributed by atoms with Crippen LogP contribution < -0.4 is 31.1 Å². The van der Waals surface area contributed by atoms with Crippen molar-refractivity contribution in [3.8, 4) is 0 Å². The lowest BCUT2D eigenvalue weighted by molar-refractivity contribution is 0.122. The Hall–Kier alpha value is -5.34. The topological polar surface area (TPSA) is 300 Å². The van der Waals surface area contributed by atoms with Crippen LogP contribution >= 0.6 is 0 Å². The van der Waals surface area contributed by atoms with Crippen molar-refractivity contribution in [2.24, 2.45) is 0 Å². The second-order valence-electron chi connectivity index (χ2n) is 13.3. The molecule has 2 aliphatic rings. The molecule has 2 aromatic heterocycles. The predicted octanol–water partition coefficient (Wildman–Crippen LogP) is 1.47. The maximum atomic E-state index is 12.6. The highest BCUT2D eigenvalue weighted by molar-refractivity contribution is 7.86. The van der Waals surface area contributed by atoms with Gasteiger partial charge in [0.2, 0.25) is 35.7 Å². The van der Waals surface area contributed by atoms with Gasteiger partial charge in [-0.3, -0.25) is 9.11 Å². The van der Waals surface area contributed by atoms with Crippen molar-refractivity contribution >= 4 is 79.5 Å². The molecule has 2 unspecified atom stereocenters. The van der Waals surface area contributed by atoms with Crippen molar-refractivity contribution in [3.63, 3.8) is 0 Å². The number of aromatic nitrogens is 6. The van der Waals surface area contributed by atoms with Crippen LogP contribution in [0.25, 0.3) is 12.2 Å². The Labute approximate surface area is 334 Å². The van der Waals surface area contributed by atoms with Gasteiger partial charge in [-0.15, -0.1) is 0 Å². The molecule has 0 amide bonds. The van der Waals surface area contributed by atoms with Gasteiger partial charge in [0.25, 0.3) is 20.2 Å². The van der Waals surface area contributed by atoms with E-state index in [9.17, 15) is 36.2 Å². The van der Waals surface area contributed by atoms with E-state index in [0.29, 0.717) is 64.5 Å². The van der Waals surface area contributed by atoms with Crippen LogP contribution in [0.1, 0.15) is 25.0 Å². The quantitative estimate of drug-likeness (QED) is 0.0585. The Morgan fingerprint density at radius 2 is 0.983 bits per heavy atom. The number of nitrogens with zero attached hydrogens (tertiary/aromatic N) is 8. The van der Waals surface area contributed by atoms with Gasteiger partial charge in [0, 0.05) is 50.6 Å². The largest absolute Gasteiger partial charge is 0.392 e. The second-order valence-corrected chi connectivity index (χ2v) is 16.0. The van der Waals surface area contributed by atoms with E-state index in [-0.39, 0.29) is 59.4 Å². The van der Waals surface area contributed by atoms with Gasteiger partial charge in [-0.1, -0.05) is 24.3 Å². The number of ether oxygens (including phenoxy) is 2. The Bertz CT molecular complexity index is 2160. The summed E-state index contributed by atoms with van der Waals surface area (Å²) in [6.07, 6.45) is 1.14. The Morgan fingerprint density at radius 1 is 0.621 bits per heavy atom. The van der Waals surface area contributed by atoms with Crippen LogP contribution in [0.4, 0.5) is 47.1 Å². The number of hydrogen-bond donors (Lipinski definition) is 8. The molecule has 0 aliphatic carbocycles. The smallest absolute Gasteiger partial charge is 0.295 e. The van der Waals surface area contributed by atoms with E-state index in [1.54, 1.807) is 13.8 Å². The van der Waals surface area contributed by atoms with Gasteiger partial charge in [0.15, 0.2) is 0 Å². The maximum Gasteiger partial charge on any atom is 0.295 e. The highest BCUT2D eigenvalue weighted by Gasteiger charge is 2.22. The summed E-state index contributed by atoms with van der Waals surface area (Å²) in [5.41, 5.74) is 0.328. The van der Waals surface area contributed by atoms with Crippen molar-refractivity contribution in [1.29, 1.82) is 0 Å². The molecule has 2 saturated heterocycles. The molecule has 2 atom stereocenters. The van der Waals surface area contributed by atoms with E-state index in [0.717, 1.165) is 12.1 Å². The summed E-state index contributed by atoms with van der Waals surface area (Å²) in [5, 5.41) is 31.3. The number of rotatable bonds is 16. The maximum absolute atomic E-state index is 12.6. The molecule has 0 spiro atoms. The molecule has 0 radical (unpaired) electrons. The lowest BCUT2D eigenvalue weighted by atomic mass is 10.1. The first-order valence-electron chi connectivity index (χ1n) is 18.1. The van der Waals surface area contributed by atoms with E-state index in [1.165, 1.54) is 36.4 Å². The predicted molar refractivity (Wildman–Crippen MR) is 214 cm³/mol. The lowest BCUT2D eigenvalue weighted by Gasteiger charge is -2.27. The van der Waals surface area contributed by atoms with Gasteiger partial charge in [-0.2, -0.15) is 46.7 Å². The Kier molecular flexibility index (Phi) is 13.5. The van der Waals surface area contributed by atoms with Gasteiger partial charge in [0.05, 0.1) is 38.6 Å². The van der Waals surface area contributed by atoms with Crippen LogP contribution in [0.3, 0.4) is 0 Å². The van der Waals surface area contributed by atoms with Crippen molar-refractivity contribution in [1.82, 2.24) is 29.9 Å². The van der Waals surface area contributed by atoms with Crippen molar-refractivity contribution in [2.45, 2.75) is 35.8 Å². The minimum absolute atomic E-state index is 0.0152. The normalized spacial score (nSPS) is 16.2. The highest BCUT2D eigenvalue weighted by atomic mass is 32.2. The zero-order valence-corrected chi connectivity index (χ0v) is 33.1. The average Bonchev–Trinajstić information content (AvgIpc) is 3.19. The van der Waals surface area contributed by atoms with E-state index < -0.39 is 42.2 Å². The molecule has 8 N–H and O–H groups in total. The third-order valence-electron chi connectivity index (χ3n) is 8.48. The summed E-state index contributed by atoms with van der Waals surface area (Å²) in [7, 11) is -9.68. The fraction of sp³-hybridized carbons (Fsp3) is 0.412. The van der Waals surface area contributed by atoms with Crippen LogP contribution in [0.5, 0.6) is 0 Å². The molecule has 6 rings (SSSR count). The third kappa shape index (κ3) is 11.6. The number of aliphatic hydroxyl groups excluding tert-OH is 2. The molecular formula is C34H44N12O10S2. The summed E-state index contributed by atoms with van der Waals surface area (Å²) < 4.78 is 81.7. The Balaban J connectivity index is 1.27. The summed E-state index contributed by atoms with van der Waals surface area (Å²) >= 11 is 0. The molecule has 4 aromatic rings. The Morgan fingerprint density at radius 3 is 1.33 bits per heavy atom. The van der Waals surface area contributed by atoms with Gasteiger partial charge in [-0.25, -0.2) is 0 Å². The van der Waals surface area contributed by atoms with E-state index in [1.807, 2.05) is 9.80 Å². The second kappa shape index (κ2) is 18.5. The molecule has 312 valence electrons. The first-order chi connectivity index (χ1) is 27.6. The summed E-state index contributed by atoms with van der Waals surface area (Å²) in [6.45, 7) is 7.42. The zero-order chi connectivity index (χ0) is 41.5. The van der Waals surface area contributed by atoms with Crippen molar-refractivity contribution in [2.75, 3.05) is 96.8 Å². The minimum atomic E-state index is -4.84. The third-order valence-corrected chi connectivity index (χ3v) is 10.3. The number of benzene rings is 2. The number of anilines is 8. The highest BCUT2D eigenvalue weighted by Crippen LogP contribution is 2.29. The van der Waals surface area contributed by atoms with Crippen LogP contribution in [-0.2, 0) is 29.7 Å². The molecule has 58 heavy (non-hydrogen) atoms. The average molecular weight is 845 g/mol. The number of aliphatic hydroxyl groups is 2. The molecule has 2 fully saturated rings. The van der Waals surface area contributed by atoms with E-state index >= 15 is 0 Å². The molecule has 22 nitrogen and oxygen atoms in total. The number of hydrogen-bond acceptors (Lipinski definition) is 20. The lowest BCUT2D eigenvalue weighted by Crippen LogP contribution is -2.37. The van der Waals surface area contributed by atoms with Crippen LogP contribution in [0.15, 0.2) is 46.2 Å². The van der Waals surface area contributed by atoms with Crippen LogP contribution in [0, 0.1) is 0 Å². The molecular weight excluding hydrogens is 801 g/mol. The first kappa shape index (κ1) is 42.3. The van der Waals surface area contributed by atoms with Crippen LogP contribution in [0.2, 0.25) is 0 Å². The summed E-state index contributed by atoms with van der Waals surface area (Å²) in [5.74, 6) is 1.04. The number of nitrogens with one attached hydrogen (secondary N) is 4. The fourth-order valence-corrected chi connectivity index (χ4v) is 7.09. The summed E-state index contributed by atoms with van der Waals surface area (Å²) in [4.78, 5) is 29.2. The van der Waals surface area contributed by atoms with Gasteiger partial charge in [-0.05, 0) is 49.2 Å². The molecule has 24 heteroatoms. The van der Waals surface area contributed by atoms with Crippen molar-refractivity contribution in [3.05, 3.63) is 47.5 Å². The van der Waals surface area contributed by atoms with Crippen LogP contribution in [-0.4, -0.2) is 144 Å². The van der Waals surface area contributed by atoms with E-state index in [4.69, 9.17) is 9.47 Å². The van der Waals surface area contributed by atoms with Gasteiger partial charge < -0.3 is 50.8 Å². The number of morpholine rings is 2. The monoisotopic (exact) mass is 844 g/mol. The minimum Gasteiger partial charge on any atom is -0.392 e. The van der Waals surface area contributed by atoms with Crippen molar-refractivity contribution < 1.29 is 45.6 Å². The van der Waals surface area contributed by atoms with Gasteiger partial charge >= 0.3 is 0 Å². The SMILES string of the molecule is CC(O)CNc1nc(Nc2ccc(/C=C/c3ccc(Nc4nc(NCC(C)O)nc(N5CCOCC5)n4)cc3S(=O)(=O)O)c(S(=O)(=O)O)c2)nc(N2CCOCC2)n1. The van der Waals surface area contributed by atoms with E-state index in [2.05, 4.69) is 51.2 Å². The standard InChI is InChI=1S/C34H44N12O10S2/c1-21(47)19-35-29-39-31(43-33(41-29)45-9-13-55-14-10-45)37-25-7-5-23(27(17-25)57(49,50)51)3-4-24-6-8-26(18-28(24)58(52,53)54)38-32-40-30(36-20-22(2)48)42-34(44-32)46-11-15-56-16-12-46/h3-8,17-18,21-22,47-48H,9-16,19-20H2,1-2H3,(H,49,50,51)(H,52,53,54)(H2,35,37,39,41,43)(H2,36,38,40,42,44)/b4-3+. The van der Waals surface area contributed by atoms with Gasteiger partial charge in [0.1, 0.15) is 9.79 Å². The summed E-state index contributed by atoms with van der Waals surface area (Å²) in [6, 6.07) is 8.04.